The molecule has 1 fully saturated rings. The molecule has 1 atom stereocenters. The van der Waals surface area contributed by atoms with Gasteiger partial charge in [0.2, 0.25) is 0 Å². The predicted molar refractivity (Wildman–Crippen MR) is 82.2 cm³/mol. The molecule has 0 aromatic heterocycles. The molecule has 0 saturated carbocycles. The van der Waals surface area contributed by atoms with E-state index in [0.29, 0.717) is 18.1 Å². The van der Waals surface area contributed by atoms with Gasteiger partial charge < -0.3 is 9.64 Å². The normalized spacial score (nSPS) is 24.2. The first-order valence-corrected chi connectivity index (χ1v) is 7.05. The van der Waals surface area contributed by atoms with Gasteiger partial charge in [0.1, 0.15) is 0 Å². The molecule has 1 aromatic rings. The minimum Gasteiger partial charge on any atom is -0.344 e. The fourth-order valence-electron chi connectivity index (χ4n) is 3.09. The number of hydrogen-bond acceptors (Lipinski definition) is 5. The number of imide groups is 1. The van der Waals surface area contributed by atoms with Gasteiger partial charge >= 0.3 is 6.03 Å². The molecule has 0 N–H and O–H groups in total. The van der Waals surface area contributed by atoms with E-state index in [9.17, 15) is 9.59 Å². The lowest BCUT2D eigenvalue weighted by Gasteiger charge is -2.51. The number of hydrogen-bond donors (Lipinski definition) is 0. The van der Waals surface area contributed by atoms with Gasteiger partial charge in [-0.3, -0.25) is 14.6 Å². The molecular formula is C15H18N4O3. The molecule has 2 aliphatic heterocycles. The van der Waals surface area contributed by atoms with Gasteiger partial charge in [-0.25, -0.2) is 9.79 Å². The number of likely N-dealkylation sites (N-methyl/N-ethyl adjacent to an activating group) is 3. The van der Waals surface area contributed by atoms with E-state index in [-0.39, 0.29) is 0 Å². The monoisotopic (exact) mass is 302 g/mol. The van der Waals surface area contributed by atoms with Crippen molar-refractivity contribution in [1.82, 2.24) is 9.80 Å². The summed E-state index contributed by atoms with van der Waals surface area (Å²) in [6, 6.07) is 7.08. The van der Waals surface area contributed by atoms with Crippen LogP contribution in [0.1, 0.15) is 6.92 Å². The molecule has 2 aliphatic rings. The van der Waals surface area contributed by atoms with E-state index in [4.69, 9.17) is 4.74 Å². The highest BCUT2D eigenvalue weighted by atomic mass is 16.5. The fourth-order valence-corrected chi connectivity index (χ4v) is 3.09. The Bertz CT molecular complexity index is 687. The van der Waals surface area contributed by atoms with Crippen molar-refractivity contribution >= 4 is 29.1 Å². The third kappa shape index (κ3) is 1.57. The number of rotatable bonds is 2. The van der Waals surface area contributed by atoms with Crippen molar-refractivity contribution in [3.05, 3.63) is 24.3 Å². The Labute approximate surface area is 128 Å². The molecule has 3 amide bonds. The summed E-state index contributed by atoms with van der Waals surface area (Å²) >= 11 is 0. The first kappa shape index (κ1) is 14.5. The third-order valence-electron chi connectivity index (χ3n) is 4.18. The number of benzene rings is 1. The van der Waals surface area contributed by atoms with Crippen molar-refractivity contribution in [2.75, 3.05) is 32.6 Å². The van der Waals surface area contributed by atoms with Gasteiger partial charge in [-0.05, 0) is 19.1 Å². The van der Waals surface area contributed by atoms with E-state index < -0.39 is 17.7 Å². The van der Waals surface area contributed by atoms with Crippen LogP contribution < -0.4 is 4.90 Å². The summed E-state index contributed by atoms with van der Waals surface area (Å²) in [6.07, 6.45) is 0. The maximum Gasteiger partial charge on any atom is 0.331 e. The summed E-state index contributed by atoms with van der Waals surface area (Å²) in [5, 5.41) is 0. The lowest BCUT2D eigenvalue weighted by Crippen LogP contribution is -2.75. The number of urea groups is 1. The van der Waals surface area contributed by atoms with E-state index >= 15 is 0 Å². The predicted octanol–water partition coefficient (Wildman–Crippen LogP) is 1.42. The molecule has 0 bridgehead atoms. The molecule has 7 heteroatoms. The number of amidine groups is 1. The van der Waals surface area contributed by atoms with Crippen molar-refractivity contribution in [2.45, 2.75) is 12.6 Å². The lowest BCUT2D eigenvalue weighted by atomic mass is 10.0. The Balaban J connectivity index is 2.32. The van der Waals surface area contributed by atoms with Crippen molar-refractivity contribution in [3.63, 3.8) is 0 Å². The number of aliphatic imine (C=N–C) groups is 1. The number of methoxy groups -OCH3 is 1. The Kier molecular flexibility index (Phi) is 3.17. The van der Waals surface area contributed by atoms with Crippen LogP contribution in [0.3, 0.4) is 0 Å². The van der Waals surface area contributed by atoms with Gasteiger partial charge in [0, 0.05) is 27.7 Å². The molecule has 0 unspecified atom stereocenters. The fraction of sp³-hybridized carbons (Fsp3) is 0.400. The average molecular weight is 302 g/mol. The summed E-state index contributed by atoms with van der Waals surface area (Å²) in [5.74, 6) is -0.142. The molecular weight excluding hydrogens is 284 g/mol. The first-order chi connectivity index (χ1) is 10.5. The molecule has 116 valence electrons. The van der Waals surface area contributed by atoms with Crippen LogP contribution in [-0.4, -0.2) is 61.0 Å². The van der Waals surface area contributed by atoms with Crippen LogP contribution >= 0.6 is 0 Å². The van der Waals surface area contributed by atoms with Crippen LogP contribution in [0.15, 0.2) is 29.3 Å². The summed E-state index contributed by atoms with van der Waals surface area (Å²) in [4.78, 5) is 33.9. The number of nitrogens with zero attached hydrogens (tertiary/aromatic N) is 4. The summed E-state index contributed by atoms with van der Waals surface area (Å²) in [5.41, 5.74) is 0.102. The summed E-state index contributed by atoms with van der Waals surface area (Å²) in [6.45, 7) is 2.47. The van der Waals surface area contributed by atoms with E-state index in [2.05, 4.69) is 4.99 Å². The summed E-state index contributed by atoms with van der Waals surface area (Å²) in [7, 11) is 4.51. The average Bonchev–Trinajstić information content (AvgIpc) is 2.56. The number of carbonyl (C=O) groups is 2. The second-order valence-corrected chi connectivity index (χ2v) is 5.22. The van der Waals surface area contributed by atoms with Gasteiger partial charge in [0.15, 0.2) is 5.84 Å². The molecule has 0 aliphatic carbocycles. The van der Waals surface area contributed by atoms with Gasteiger partial charge in [-0.1, -0.05) is 12.1 Å². The Morgan fingerprint density at radius 2 is 1.86 bits per heavy atom. The summed E-state index contributed by atoms with van der Waals surface area (Å²) < 4.78 is 5.65. The van der Waals surface area contributed by atoms with E-state index in [0.717, 1.165) is 10.6 Å². The zero-order chi connectivity index (χ0) is 16.1. The smallest absolute Gasteiger partial charge is 0.331 e. The maximum atomic E-state index is 12.9. The largest absolute Gasteiger partial charge is 0.344 e. The molecule has 1 saturated heterocycles. The minimum atomic E-state index is -1.42. The van der Waals surface area contributed by atoms with Gasteiger partial charge in [0.25, 0.3) is 11.6 Å². The van der Waals surface area contributed by atoms with Crippen LogP contribution in [0.4, 0.5) is 16.2 Å². The standard InChI is InChI=1S/C15H18N4O3/c1-5-19-11-9-7-6-8-10(11)16-12-15(19,22-4)13(20)18(3)14(21)17(12)2/h6-9H,5H2,1-4H3/t15-/m0/s1. The van der Waals surface area contributed by atoms with Crippen LogP contribution in [0.5, 0.6) is 0 Å². The highest BCUT2D eigenvalue weighted by Gasteiger charge is 2.60. The van der Waals surface area contributed by atoms with Gasteiger partial charge in [-0.15, -0.1) is 0 Å². The van der Waals surface area contributed by atoms with Crippen LogP contribution in [0.2, 0.25) is 0 Å². The SMILES string of the molecule is CCN1c2ccccc2N=C2N(C)C(=O)N(C)C(=O)[C@@]21OC. The molecule has 7 nitrogen and oxygen atoms in total. The number of fused-ring (bicyclic) bond motifs is 2. The number of anilines is 1. The Morgan fingerprint density at radius 1 is 1.18 bits per heavy atom. The van der Waals surface area contributed by atoms with Crippen LogP contribution in [-0.2, 0) is 9.53 Å². The van der Waals surface area contributed by atoms with Crippen LogP contribution in [0, 0.1) is 0 Å². The number of amides is 3. The second kappa shape index (κ2) is 4.81. The highest BCUT2D eigenvalue weighted by molar-refractivity contribution is 6.26. The van der Waals surface area contributed by atoms with Crippen molar-refractivity contribution in [2.24, 2.45) is 4.99 Å². The molecule has 0 spiro atoms. The molecule has 0 radical (unpaired) electrons. The Hall–Kier alpha value is -2.41. The molecule has 3 rings (SSSR count). The second-order valence-electron chi connectivity index (χ2n) is 5.22. The quantitative estimate of drug-likeness (QED) is 0.829. The number of para-hydroxylation sites is 2. The zero-order valence-electron chi connectivity index (χ0n) is 13.0. The first-order valence-electron chi connectivity index (χ1n) is 7.05. The number of carbonyl (C=O) groups excluding carboxylic acids is 2. The van der Waals surface area contributed by atoms with E-state index in [1.54, 1.807) is 7.05 Å². The highest BCUT2D eigenvalue weighted by Crippen LogP contribution is 2.42. The zero-order valence-corrected chi connectivity index (χ0v) is 13.0. The lowest BCUT2D eigenvalue weighted by molar-refractivity contribution is -0.145. The van der Waals surface area contributed by atoms with Gasteiger partial charge in [-0.2, -0.15) is 0 Å². The van der Waals surface area contributed by atoms with Gasteiger partial charge in [0.05, 0.1) is 11.4 Å². The molecule has 2 heterocycles. The van der Waals surface area contributed by atoms with Crippen molar-refractivity contribution < 1.29 is 14.3 Å². The van der Waals surface area contributed by atoms with E-state index in [1.165, 1.54) is 19.1 Å². The molecule has 1 aromatic carbocycles. The van der Waals surface area contributed by atoms with Crippen LogP contribution in [0.25, 0.3) is 0 Å². The third-order valence-corrected chi connectivity index (χ3v) is 4.18. The maximum absolute atomic E-state index is 12.9. The number of ether oxygens (including phenoxy) is 1. The van der Waals surface area contributed by atoms with E-state index in [1.807, 2.05) is 36.1 Å². The van der Waals surface area contributed by atoms with Crippen molar-refractivity contribution in [1.29, 1.82) is 0 Å². The topological polar surface area (TPSA) is 65.5 Å². The molecule has 22 heavy (non-hydrogen) atoms. The minimum absolute atomic E-state index is 0.295. The van der Waals surface area contributed by atoms with Crippen molar-refractivity contribution in [3.8, 4) is 0 Å². The Morgan fingerprint density at radius 3 is 2.50 bits per heavy atom.